The van der Waals surface area contributed by atoms with Gasteiger partial charge in [-0.1, -0.05) is 26.7 Å². The zero-order valence-electron chi connectivity index (χ0n) is 8.18. The molecule has 0 aliphatic rings. The summed E-state index contributed by atoms with van der Waals surface area (Å²) in [7, 11) is 0. The molecule has 0 radical (unpaired) electrons. The van der Waals surface area contributed by atoms with E-state index >= 15 is 0 Å². The molecular formula is C8H19BiO2Zn. The minimum atomic E-state index is -0.643. The van der Waals surface area contributed by atoms with Gasteiger partial charge in [0, 0.05) is 19.5 Å². The van der Waals surface area contributed by atoms with Crippen molar-refractivity contribution in [3.05, 3.63) is 0 Å². The van der Waals surface area contributed by atoms with Gasteiger partial charge in [-0.3, -0.25) is 4.79 Å². The largest absolute Gasteiger partial charge is 0 e. The van der Waals surface area contributed by atoms with Crippen molar-refractivity contribution in [2.45, 2.75) is 39.5 Å². The molecule has 70 valence electrons. The SMILES string of the molecule is CCCCC(CC)C(=O)O.[BiH3].[Zn]. The Hall–Kier alpha value is 0.976. The molecule has 0 aliphatic heterocycles. The van der Waals surface area contributed by atoms with E-state index < -0.39 is 5.97 Å². The van der Waals surface area contributed by atoms with Gasteiger partial charge in [-0.2, -0.15) is 0 Å². The second-order valence-corrected chi connectivity index (χ2v) is 2.59. The van der Waals surface area contributed by atoms with E-state index in [1.165, 1.54) is 0 Å². The number of unbranched alkanes of at least 4 members (excludes halogenated alkanes) is 1. The minimum Gasteiger partial charge on any atom is 0 e. The molecule has 12 heavy (non-hydrogen) atoms. The third kappa shape index (κ3) is 9.07. The summed E-state index contributed by atoms with van der Waals surface area (Å²) >= 11 is 0. The van der Waals surface area contributed by atoms with Gasteiger partial charge in [0.05, 0.1) is 5.92 Å². The van der Waals surface area contributed by atoms with Gasteiger partial charge < -0.3 is 5.11 Å². The zero-order chi connectivity index (χ0) is 7.98. The molecule has 0 bridgehead atoms. The van der Waals surface area contributed by atoms with Crippen molar-refractivity contribution in [2.24, 2.45) is 5.92 Å². The molecule has 0 rings (SSSR count). The first-order chi connectivity index (χ1) is 4.72. The number of hydrogen-bond donors (Lipinski definition) is 1. The molecule has 0 aliphatic carbocycles. The molecule has 4 heteroatoms. The Morgan fingerprint density at radius 1 is 1.42 bits per heavy atom. The van der Waals surface area contributed by atoms with E-state index in [1.807, 2.05) is 6.92 Å². The summed E-state index contributed by atoms with van der Waals surface area (Å²) in [6, 6.07) is 0. The summed E-state index contributed by atoms with van der Waals surface area (Å²) in [6.07, 6.45) is 3.71. The molecule has 1 unspecified atom stereocenters. The van der Waals surface area contributed by atoms with Crippen LogP contribution < -0.4 is 0 Å². The molecule has 0 aromatic rings. The van der Waals surface area contributed by atoms with Crippen LogP contribution >= 0.6 is 0 Å². The monoisotopic (exact) mass is 420 g/mol. The van der Waals surface area contributed by atoms with Gasteiger partial charge in [-0.15, -0.1) is 0 Å². The zero-order valence-corrected chi connectivity index (χ0v) is 16.6. The Balaban J connectivity index is -0.000000405. The van der Waals surface area contributed by atoms with Crippen LogP contribution in [0, 0.1) is 5.92 Å². The van der Waals surface area contributed by atoms with E-state index in [2.05, 4.69) is 6.92 Å². The van der Waals surface area contributed by atoms with E-state index in [4.69, 9.17) is 5.11 Å². The molecule has 0 fully saturated rings. The fourth-order valence-electron chi connectivity index (χ4n) is 0.953. The average Bonchev–Trinajstić information content (AvgIpc) is 1.89. The first-order valence-corrected chi connectivity index (χ1v) is 3.95. The van der Waals surface area contributed by atoms with Gasteiger partial charge in [0.15, 0.2) is 0 Å². The third-order valence-electron chi connectivity index (χ3n) is 1.75. The quantitative estimate of drug-likeness (QED) is 0.675. The Kier molecular flexibility index (Phi) is 18.7. The summed E-state index contributed by atoms with van der Waals surface area (Å²) in [5.41, 5.74) is 0. The van der Waals surface area contributed by atoms with Gasteiger partial charge in [-0.25, -0.2) is 0 Å². The number of aliphatic carboxylic acids is 1. The van der Waals surface area contributed by atoms with Crippen molar-refractivity contribution in [2.75, 3.05) is 0 Å². The van der Waals surface area contributed by atoms with Crippen molar-refractivity contribution < 1.29 is 29.4 Å². The van der Waals surface area contributed by atoms with Crippen LogP contribution in [0.4, 0.5) is 0 Å². The number of carboxylic acids is 1. The molecule has 0 amide bonds. The van der Waals surface area contributed by atoms with E-state index in [0.29, 0.717) is 0 Å². The van der Waals surface area contributed by atoms with E-state index in [9.17, 15) is 4.79 Å². The van der Waals surface area contributed by atoms with Crippen LogP contribution in [0.25, 0.3) is 0 Å². The van der Waals surface area contributed by atoms with Crippen molar-refractivity contribution in [1.29, 1.82) is 0 Å². The van der Waals surface area contributed by atoms with Crippen LogP contribution in [-0.2, 0) is 24.3 Å². The van der Waals surface area contributed by atoms with Crippen molar-refractivity contribution in [3.63, 3.8) is 0 Å². The van der Waals surface area contributed by atoms with Crippen LogP contribution in [0.1, 0.15) is 39.5 Å². The van der Waals surface area contributed by atoms with Gasteiger partial charge >= 0.3 is 32.2 Å². The summed E-state index contributed by atoms with van der Waals surface area (Å²) in [5, 5.41) is 8.60. The maximum atomic E-state index is 10.4. The maximum absolute atomic E-state index is 10.4. The van der Waals surface area contributed by atoms with Crippen molar-refractivity contribution >= 4 is 32.2 Å². The van der Waals surface area contributed by atoms with E-state index in [-0.39, 0.29) is 51.6 Å². The number of carboxylic acid groups (broad SMARTS) is 1. The fraction of sp³-hybridized carbons (Fsp3) is 0.875. The molecule has 0 saturated carbocycles. The van der Waals surface area contributed by atoms with Crippen LogP contribution in [0.3, 0.4) is 0 Å². The average molecular weight is 422 g/mol. The molecule has 2 nitrogen and oxygen atoms in total. The van der Waals surface area contributed by atoms with E-state index in [1.54, 1.807) is 0 Å². The van der Waals surface area contributed by atoms with Gasteiger partial charge in [0.25, 0.3) is 0 Å². The number of rotatable bonds is 5. The number of hydrogen-bond acceptors (Lipinski definition) is 1. The molecule has 0 aromatic heterocycles. The van der Waals surface area contributed by atoms with Crippen LogP contribution in [0.15, 0.2) is 0 Å². The normalized spacial score (nSPS) is 10.8. The molecule has 0 aromatic carbocycles. The Morgan fingerprint density at radius 3 is 2.17 bits per heavy atom. The molecule has 0 heterocycles. The summed E-state index contributed by atoms with van der Waals surface area (Å²) < 4.78 is 0. The second-order valence-electron chi connectivity index (χ2n) is 2.59. The summed E-state index contributed by atoms with van der Waals surface area (Å²) in [6.45, 7) is 4.00. The summed E-state index contributed by atoms with van der Waals surface area (Å²) in [5.74, 6) is -0.754. The molecule has 1 atom stereocenters. The first kappa shape index (κ1) is 18.7. The maximum Gasteiger partial charge on any atom is 0 e. The van der Waals surface area contributed by atoms with Gasteiger partial charge in [0.2, 0.25) is 0 Å². The van der Waals surface area contributed by atoms with Crippen molar-refractivity contribution in [1.82, 2.24) is 0 Å². The van der Waals surface area contributed by atoms with E-state index in [0.717, 1.165) is 25.7 Å². The smallest absolute Gasteiger partial charge is 0 e. The topological polar surface area (TPSA) is 37.3 Å². The van der Waals surface area contributed by atoms with Crippen molar-refractivity contribution in [3.8, 4) is 0 Å². The minimum absolute atomic E-state index is 0. The third-order valence-corrected chi connectivity index (χ3v) is 1.75. The number of carbonyl (C=O) groups is 1. The predicted octanol–water partition coefficient (Wildman–Crippen LogP) is 1.10. The van der Waals surface area contributed by atoms with Crippen LogP contribution in [-0.4, -0.2) is 37.3 Å². The Morgan fingerprint density at radius 2 is 1.92 bits per heavy atom. The Bertz CT molecular complexity index is 109. The molecule has 1 N–H and O–H groups in total. The molecule has 0 saturated heterocycles. The van der Waals surface area contributed by atoms with Gasteiger partial charge in [-0.05, 0) is 12.8 Å². The van der Waals surface area contributed by atoms with Gasteiger partial charge in [0.1, 0.15) is 0 Å². The molecule has 0 spiro atoms. The standard InChI is InChI=1S/C8H16O2.Bi.Zn.3H/c1-3-5-6-7(4-2)8(9)10;;;;;/h7H,3-6H2,1-2H3,(H,9,10);;;;;. The van der Waals surface area contributed by atoms with Crippen LogP contribution in [0.5, 0.6) is 0 Å². The summed E-state index contributed by atoms with van der Waals surface area (Å²) in [4.78, 5) is 10.4. The van der Waals surface area contributed by atoms with Crippen LogP contribution in [0.2, 0.25) is 0 Å². The second kappa shape index (κ2) is 12.0. The predicted molar refractivity (Wildman–Crippen MR) is 50.9 cm³/mol. The first-order valence-electron chi connectivity index (χ1n) is 3.95. The Labute approximate surface area is 106 Å². The fourth-order valence-corrected chi connectivity index (χ4v) is 0.953. The molecular weight excluding hydrogens is 402 g/mol.